The summed E-state index contributed by atoms with van der Waals surface area (Å²) in [6.07, 6.45) is 4.21. The van der Waals surface area contributed by atoms with Crippen LogP contribution in [0.4, 0.5) is 0 Å². The van der Waals surface area contributed by atoms with Gasteiger partial charge >= 0.3 is 5.97 Å². The molecular weight excluding hydrogens is 206 g/mol. The van der Waals surface area contributed by atoms with Crippen LogP contribution in [-0.4, -0.2) is 28.8 Å². The van der Waals surface area contributed by atoms with Gasteiger partial charge in [-0.05, 0) is 31.4 Å². The van der Waals surface area contributed by atoms with Gasteiger partial charge in [0.25, 0.3) is 0 Å². The number of carbonyl (C=O) groups is 1. The van der Waals surface area contributed by atoms with Gasteiger partial charge in [-0.2, -0.15) is 0 Å². The van der Waals surface area contributed by atoms with Gasteiger partial charge < -0.3 is 9.84 Å². The molecule has 1 saturated heterocycles. The van der Waals surface area contributed by atoms with Gasteiger partial charge in [0, 0.05) is 19.0 Å². The number of ether oxygens (including phenoxy) is 1. The molecule has 0 radical (unpaired) electrons. The molecule has 0 amide bonds. The van der Waals surface area contributed by atoms with Gasteiger partial charge in [0.05, 0.1) is 11.5 Å². The van der Waals surface area contributed by atoms with Gasteiger partial charge in [0.1, 0.15) is 0 Å². The first-order valence-electron chi connectivity index (χ1n) is 5.39. The van der Waals surface area contributed by atoms with E-state index in [2.05, 4.69) is 4.98 Å². The minimum absolute atomic E-state index is 0.245. The third kappa shape index (κ3) is 1.80. The number of carboxylic acid groups (broad SMARTS) is 1. The van der Waals surface area contributed by atoms with E-state index in [4.69, 9.17) is 4.74 Å². The summed E-state index contributed by atoms with van der Waals surface area (Å²) in [5.41, 5.74) is 0.158. The second-order valence-corrected chi connectivity index (χ2v) is 4.26. The predicted octanol–water partition coefficient (Wildman–Crippen LogP) is 1.50. The lowest BCUT2D eigenvalue weighted by Crippen LogP contribution is -2.39. The van der Waals surface area contributed by atoms with Crippen LogP contribution in [0, 0.1) is 5.41 Å². The van der Waals surface area contributed by atoms with Crippen LogP contribution in [0.3, 0.4) is 0 Å². The summed E-state index contributed by atoms with van der Waals surface area (Å²) in [4.78, 5) is 15.4. The largest absolute Gasteiger partial charge is 0.481 e. The third-order valence-electron chi connectivity index (χ3n) is 3.36. The lowest BCUT2D eigenvalue weighted by Gasteiger charge is -2.27. The molecule has 0 spiro atoms. The van der Waals surface area contributed by atoms with E-state index in [0.29, 0.717) is 19.4 Å². The minimum Gasteiger partial charge on any atom is -0.481 e. The minimum atomic E-state index is -0.789. The van der Waals surface area contributed by atoms with Crippen LogP contribution in [-0.2, 0) is 16.0 Å². The molecule has 0 bridgehead atoms. The summed E-state index contributed by atoms with van der Waals surface area (Å²) in [5, 5.41) is 9.40. The van der Waals surface area contributed by atoms with Crippen LogP contribution >= 0.6 is 0 Å². The van der Waals surface area contributed by atoms with Crippen molar-refractivity contribution in [2.75, 3.05) is 6.61 Å². The van der Waals surface area contributed by atoms with Crippen LogP contribution in [0.2, 0.25) is 0 Å². The van der Waals surface area contributed by atoms with Crippen molar-refractivity contribution in [2.45, 2.75) is 25.9 Å². The van der Waals surface area contributed by atoms with Gasteiger partial charge in [-0.25, -0.2) is 0 Å². The molecule has 16 heavy (non-hydrogen) atoms. The summed E-state index contributed by atoms with van der Waals surface area (Å²) in [5.74, 6) is -0.777. The maximum Gasteiger partial charge on any atom is 0.312 e. The number of hydrogen-bond donors (Lipinski definition) is 1. The first-order valence-corrected chi connectivity index (χ1v) is 5.39. The van der Waals surface area contributed by atoms with E-state index in [1.54, 1.807) is 12.4 Å². The molecule has 86 valence electrons. The van der Waals surface area contributed by atoms with Crippen LogP contribution in [0.5, 0.6) is 0 Å². The molecule has 1 aromatic heterocycles. The molecule has 4 nitrogen and oxygen atoms in total. The summed E-state index contributed by atoms with van der Waals surface area (Å²) in [6.45, 7) is 2.35. The standard InChI is InChI=1S/C12H15NO3/c1-9-12(11(14)15,4-6-16-9)7-10-3-2-5-13-8-10/h2-3,5,8-9H,4,6-7H2,1H3,(H,14,15). The fraction of sp³-hybridized carbons (Fsp3) is 0.500. The number of nitrogens with zero attached hydrogens (tertiary/aromatic N) is 1. The number of rotatable bonds is 3. The Morgan fingerprint density at radius 1 is 1.75 bits per heavy atom. The molecule has 1 aliphatic heterocycles. The molecule has 1 fully saturated rings. The van der Waals surface area contributed by atoms with E-state index in [0.717, 1.165) is 5.56 Å². The SMILES string of the molecule is CC1OCCC1(Cc1cccnc1)C(=O)O. The normalized spacial score (nSPS) is 29.2. The topological polar surface area (TPSA) is 59.4 Å². The van der Waals surface area contributed by atoms with Crippen LogP contribution in [0.15, 0.2) is 24.5 Å². The molecular formula is C12H15NO3. The zero-order chi connectivity index (χ0) is 11.6. The fourth-order valence-electron chi connectivity index (χ4n) is 2.24. The zero-order valence-electron chi connectivity index (χ0n) is 9.22. The quantitative estimate of drug-likeness (QED) is 0.840. The van der Waals surface area contributed by atoms with Crippen molar-refractivity contribution in [3.8, 4) is 0 Å². The third-order valence-corrected chi connectivity index (χ3v) is 3.36. The molecule has 2 heterocycles. The predicted molar refractivity (Wildman–Crippen MR) is 58.0 cm³/mol. The number of hydrogen-bond acceptors (Lipinski definition) is 3. The lowest BCUT2D eigenvalue weighted by atomic mass is 9.76. The Morgan fingerprint density at radius 3 is 3.06 bits per heavy atom. The number of pyridine rings is 1. The van der Waals surface area contributed by atoms with E-state index in [1.807, 2.05) is 19.1 Å². The van der Waals surface area contributed by atoms with Crippen molar-refractivity contribution in [3.63, 3.8) is 0 Å². The average molecular weight is 221 g/mol. The van der Waals surface area contributed by atoms with Crippen molar-refractivity contribution in [1.82, 2.24) is 4.98 Å². The summed E-state index contributed by atoms with van der Waals surface area (Å²) in [7, 11) is 0. The van der Waals surface area contributed by atoms with Gasteiger partial charge in [0.2, 0.25) is 0 Å². The van der Waals surface area contributed by atoms with Crippen molar-refractivity contribution in [3.05, 3.63) is 30.1 Å². The Bertz CT molecular complexity index is 379. The highest BCUT2D eigenvalue weighted by atomic mass is 16.5. The van der Waals surface area contributed by atoms with E-state index in [1.165, 1.54) is 0 Å². The Kier molecular flexibility index (Phi) is 2.92. The molecule has 2 rings (SSSR count). The second-order valence-electron chi connectivity index (χ2n) is 4.26. The molecule has 1 aliphatic rings. The van der Waals surface area contributed by atoms with E-state index >= 15 is 0 Å². The number of aliphatic carboxylic acids is 1. The second kappa shape index (κ2) is 4.22. The number of aromatic nitrogens is 1. The maximum absolute atomic E-state index is 11.4. The molecule has 2 unspecified atom stereocenters. The van der Waals surface area contributed by atoms with Crippen molar-refractivity contribution in [1.29, 1.82) is 0 Å². The van der Waals surface area contributed by atoms with Crippen LogP contribution in [0.25, 0.3) is 0 Å². The zero-order valence-corrected chi connectivity index (χ0v) is 9.22. The van der Waals surface area contributed by atoms with E-state index in [-0.39, 0.29) is 6.10 Å². The maximum atomic E-state index is 11.4. The molecule has 1 N–H and O–H groups in total. The Labute approximate surface area is 94.3 Å². The Morgan fingerprint density at radius 2 is 2.56 bits per heavy atom. The molecule has 0 aromatic carbocycles. The molecule has 2 atom stereocenters. The smallest absolute Gasteiger partial charge is 0.312 e. The highest BCUT2D eigenvalue weighted by Crippen LogP contribution is 2.38. The molecule has 4 heteroatoms. The lowest BCUT2D eigenvalue weighted by molar-refractivity contribution is -0.151. The average Bonchev–Trinajstić information content (AvgIpc) is 2.63. The fourth-order valence-corrected chi connectivity index (χ4v) is 2.24. The van der Waals surface area contributed by atoms with Gasteiger partial charge in [0.15, 0.2) is 0 Å². The highest BCUT2D eigenvalue weighted by molar-refractivity contribution is 5.76. The van der Waals surface area contributed by atoms with Crippen LogP contribution < -0.4 is 0 Å². The Balaban J connectivity index is 2.25. The van der Waals surface area contributed by atoms with Crippen LogP contribution in [0.1, 0.15) is 18.9 Å². The van der Waals surface area contributed by atoms with E-state index < -0.39 is 11.4 Å². The Hall–Kier alpha value is -1.42. The van der Waals surface area contributed by atoms with Crippen molar-refractivity contribution in [2.24, 2.45) is 5.41 Å². The first kappa shape index (κ1) is 11.1. The molecule has 0 aliphatic carbocycles. The van der Waals surface area contributed by atoms with Crippen molar-refractivity contribution >= 4 is 5.97 Å². The van der Waals surface area contributed by atoms with Gasteiger partial charge in [-0.3, -0.25) is 9.78 Å². The summed E-state index contributed by atoms with van der Waals surface area (Å²) < 4.78 is 5.40. The monoisotopic (exact) mass is 221 g/mol. The van der Waals surface area contributed by atoms with Gasteiger partial charge in [-0.1, -0.05) is 6.07 Å². The molecule has 0 saturated carbocycles. The summed E-state index contributed by atoms with van der Waals surface area (Å²) in [6, 6.07) is 3.73. The van der Waals surface area contributed by atoms with Crippen molar-refractivity contribution < 1.29 is 14.6 Å². The molecule has 1 aromatic rings. The number of carboxylic acids is 1. The van der Waals surface area contributed by atoms with Gasteiger partial charge in [-0.15, -0.1) is 0 Å². The van der Waals surface area contributed by atoms with E-state index in [9.17, 15) is 9.90 Å². The first-order chi connectivity index (χ1) is 7.65. The summed E-state index contributed by atoms with van der Waals surface area (Å²) >= 11 is 0. The highest BCUT2D eigenvalue weighted by Gasteiger charge is 2.48.